The van der Waals surface area contributed by atoms with E-state index in [2.05, 4.69) is 6.58 Å². The Labute approximate surface area is 204 Å². The van der Waals surface area contributed by atoms with Crippen LogP contribution in [-0.2, 0) is 14.3 Å². The number of nitrogens with one attached hydrogen (secondary N) is 1. The highest BCUT2D eigenvalue weighted by Crippen LogP contribution is 2.39. The fourth-order valence-corrected chi connectivity index (χ4v) is 4.53. The molecule has 1 amide bonds. The molecule has 1 atom stereocenters. The number of rotatable bonds is 9. The molecule has 2 fully saturated rings. The molecule has 0 aromatic heterocycles. The lowest BCUT2D eigenvalue weighted by Crippen LogP contribution is -3.14. The van der Waals surface area contributed by atoms with E-state index in [0.29, 0.717) is 49.7 Å². The summed E-state index contributed by atoms with van der Waals surface area (Å²) in [7, 11) is 0. The summed E-state index contributed by atoms with van der Waals surface area (Å²) in [6.07, 6.45) is 2.31. The van der Waals surface area contributed by atoms with E-state index in [9.17, 15) is 19.1 Å². The SMILES string of the molecule is C=CCOc1ccc(C(O)=C2C(=O)C(=O)N(CCC[NH+]3CCOCC3)[C@@H]2c2ccc(F)cc2)cc1. The van der Waals surface area contributed by atoms with Crippen molar-refractivity contribution < 1.29 is 33.5 Å². The summed E-state index contributed by atoms with van der Waals surface area (Å²) in [4.78, 5) is 29.1. The van der Waals surface area contributed by atoms with Crippen LogP contribution in [0.2, 0.25) is 0 Å². The van der Waals surface area contributed by atoms with Crippen molar-refractivity contribution in [2.45, 2.75) is 12.5 Å². The number of Topliss-reactive ketones (excluding diaryl/α,β-unsaturated/α-hetero) is 1. The van der Waals surface area contributed by atoms with Gasteiger partial charge in [0.15, 0.2) is 0 Å². The Hall–Kier alpha value is -3.49. The molecule has 7 nitrogen and oxygen atoms in total. The van der Waals surface area contributed by atoms with Gasteiger partial charge in [-0.05, 0) is 42.0 Å². The molecule has 35 heavy (non-hydrogen) atoms. The van der Waals surface area contributed by atoms with E-state index in [4.69, 9.17) is 9.47 Å². The second kappa shape index (κ2) is 11.3. The highest BCUT2D eigenvalue weighted by molar-refractivity contribution is 6.46. The van der Waals surface area contributed by atoms with Crippen molar-refractivity contribution in [3.63, 3.8) is 0 Å². The number of hydrogen-bond donors (Lipinski definition) is 2. The van der Waals surface area contributed by atoms with E-state index in [0.717, 1.165) is 19.6 Å². The molecule has 0 radical (unpaired) electrons. The summed E-state index contributed by atoms with van der Waals surface area (Å²) in [5.41, 5.74) is 0.954. The van der Waals surface area contributed by atoms with Crippen LogP contribution in [0.5, 0.6) is 5.75 Å². The predicted octanol–water partition coefficient (Wildman–Crippen LogP) is 2.12. The van der Waals surface area contributed by atoms with E-state index in [-0.39, 0.29) is 11.3 Å². The molecule has 2 saturated heterocycles. The average molecular weight is 482 g/mol. The van der Waals surface area contributed by atoms with Gasteiger partial charge in [0.1, 0.15) is 37.0 Å². The van der Waals surface area contributed by atoms with Crippen LogP contribution in [0.15, 0.2) is 66.8 Å². The molecule has 2 aliphatic heterocycles. The minimum absolute atomic E-state index is 0.0000810. The normalized spacial score (nSPS) is 20.3. The van der Waals surface area contributed by atoms with Crippen LogP contribution in [-0.4, -0.2) is 67.7 Å². The van der Waals surface area contributed by atoms with Crippen LogP contribution in [0.4, 0.5) is 4.39 Å². The first-order chi connectivity index (χ1) is 17.0. The summed E-state index contributed by atoms with van der Waals surface area (Å²) in [5, 5.41) is 11.1. The number of aliphatic hydroxyl groups is 1. The van der Waals surface area contributed by atoms with Crippen molar-refractivity contribution in [2.24, 2.45) is 0 Å². The standard InChI is InChI=1S/C27H29FN2O5/c1-2-16-35-22-10-6-20(7-11-22)25(31)23-24(19-4-8-21(28)9-5-19)30(27(33)26(23)32)13-3-12-29-14-17-34-18-15-29/h2,4-11,24,31H,1,3,12-18H2/p+1/t24-/m1/s1. The van der Waals surface area contributed by atoms with Crippen molar-refractivity contribution >= 4 is 17.4 Å². The first kappa shape index (κ1) is 24.6. The fourth-order valence-electron chi connectivity index (χ4n) is 4.53. The number of carbonyl (C=O) groups is 2. The van der Waals surface area contributed by atoms with Gasteiger partial charge in [-0.25, -0.2) is 4.39 Å². The zero-order valence-corrected chi connectivity index (χ0v) is 19.5. The van der Waals surface area contributed by atoms with Gasteiger partial charge in [0.05, 0.1) is 31.4 Å². The van der Waals surface area contributed by atoms with E-state index in [1.54, 1.807) is 42.5 Å². The maximum atomic E-state index is 13.6. The van der Waals surface area contributed by atoms with Gasteiger partial charge in [0.25, 0.3) is 11.7 Å². The Balaban J connectivity index is 1.63. The van der Waals surface area contributed by atoms with E-state index in [1.165, 1.54) is 21.9 Å². The summed E-state index contributed by atoms with van der Waals surface area (Å²) in [5.74, 6) is -1.51. The van der Waals surface area contributed by atoms with Gasteiger partial charge in [-0.3, -0.25) is 9.59 Å². The molecule has 0 spiro atoms. The van der Waals surface area contributed by atoms with Crippen molar-refractivity contribution in [1.29, 1.82) is 0 Å². The molecule has 0 aliphatic carbocycles. The zero-order chi connectivity index (χ0) is 24.8. The number of likely N-dealkylation sites (tertiary alicyclic amines) is 1. The number of halogens is 1. The van der Waals surface area contributed by atoms with Crippen LogP contribution < -0.4 is 9.64 Å². The molecule has 2 heterocycles. The summed E-state index contributed by atoms with van der Waals surface area (Å²) in [6, 6.07) is 11.5. The molecule has 0 bridgehead atoms. The highest BCUT2D eigenvalue weighted by Gasteiger charge is 2.45. The third-order valence-electron chi connectivity index (χ3n) is 6.35. The topological polar surface area (TPSA) is 80.5 Å². The van der Waals surface area contributed by atoms with Gasteiger partial charge in [-0.2, -0.15) is 0 Å². The number of amides is 1. The molecule has 2 aromatic carbocycles. The van der Waals surface area contributed by atoms with Crippen molar-refractivity contribution in [1.82, 2.24) is 4.90 Å². The Morgan fingerprint density at radius 2 is 1.83 bits per heavy atom. The second-order valence-corrected chi connectivity index (χ2v) is 8.63. The predicted molar refractivity (Wildman–Crippen MR) is 129 cm³/mol. The Kier molecular flexibility index (Phi) is 7.94. The zero-order valence-electron chi connectivity index (χ0n) is 19.5. The molecule has 184 valence electrons. The largest absolute Gasteiger partial charge is 0.507 e. The smallest absolute Gasteiger partial charge is 0.295 e. The van der Waals surface area contributed by atoms with E-state index in [1.807, 2.05) is 0 Å². The number of benzene rings is 2. The number of aliphatic hydroxyl groups excluding tert-OH is 1. The number of nitrogens with zero attached hydrogens (tertiary/aromatic N) is 1. The minimum Gasteiger partial charge on any atom is -0.507 e. The van der Waals surface area contributed by atoms with Gasteiger partial charge in [-0.15, -0.1) is 0 Å². The number of quaternary nitrogens is 1. The lowest BCUT2D eigenvalue weighted by Gasteiger charge is -2.27. The number of morpholine rings is 1. The summed E-state index contributed by atoms with van der Waals surface area (Å²) in [6.45, 7) is 8.39. The van der Waals surface area contributed by atoms with Crippen molar-refractivity contribution in [3.8, 4) is 5.75 Å². The molecular weight excluding hydrogens is 451 g/mol. The number of ether oxygens (including phenoxy) is 2. The van der Waals surface area contributed by atoms with Gasteiger partial charge in [0, 0.05) is 18.5 Å². The maximum Gasteiger partial charge on any atom is 0.295 e. The Bertz CT molecular complexity index is 1090. The third-order valence-corrected chi connectivity index (χ3v) is 6.35. The molecule has 4 rings (SSSR count). The Morgan fingerprint density at radius 1 is 1.14 bits per heavy atom. The average Bonchev–Trinajstić information content (AvgIpc) is 3.13. The van der Waals surface area contributed by atoms with Crippen LogP contribution in [0.1, 0.15) is 23.6 Å². The van der Waals surface area contributed by atoms with E-state index < -0.39 is 23.5 Å². The number of carbonyl (C=O) groups excluding carboxylic acids is 2. The van der Waals surface area contributed by atoms with Crippen LogP contribution in [0.25, 0.3) is 5.76 Å². The number of hydrogen-bond acceptors (Lipinski definition) is 5. The molecule has 2 aliphatic rings. The fraction of sp³-hybridized carbons (Fsp3) is 0.333. The quantitative estimate of drug-likeness (QED) is 0.248. The lowest BCUT2D eigenvalue weighted by atomic mass is 9.95. The highest BCUT2D eigenvalue weighted by atomic mass is 19.1. The second-order valence-electron chi connectivity index (χ2n) is 8.63. The van der Waals surface area contributed by atoms with Gasteiger partial charge < -0.3 is 24.4 Å². The van der Waals surface area contributed by atoms with Crippen molar-refractivity contribution in [2.75, 3.05) is 46.0 Å². The molecule has 0 saturated carbocycles. The van der Waals surface area contributed by atoms with Gasteiger partial charge in [0.2, 0.25) is 0 Å². The Morgan fingerprint density at radius 3 is 2.49 bits per heavy atom. The molecule has 2 aromatic rings. The summed E-state index contributed by atoms with van der Waals surface area (Å²) >= 11 is 0. The van der Waals surface area contributed by atoms with E-state index >= 15 is 0 Å². The van der Waals surface area contributed by atoms with Crippen molar-refractivity contribution in [3.05, 3.63) is 83.7 Å². The first-order valence-corrected chi connectivity index (χ1v) is 11.8. The molecule has 8 heteroatoms. The number of ketones is 1. The van der Waals surface area contributed by atoms with Crippen LogP contribution in [0, 0.1) is 5.82 Å². The molecular formula is C27H30FN2O5+. The van der Waals surface area contributed by atoms with Crippen LogP contribution in [0.3, 0.4) is 0 Å². The lowest BCUT2D eigenvalue weighted by molar-refractivity contribution is -0.908. The monoisotopic (exact) mass is 481 g/mol. The molecule has 0 unspecified atom stereocenters. The third kappa shape index (κ3) is 5.61. The maximum absolute atomic E-state index is 13.6. The van der Waals surface area contributed by atoms with Gasteiger partial charge >= 0.3 is 0 Å². The minimum atomic E-state index is -0.799. The summed E-state index contributed by atoms with van der Waals surface area (Å²) < 4.78 is 24.5. The molecule has 2 N–H and O–H groups in total. The van der Waals surface area contributed by atoms with Gasteiger partial charge in [-0.1, -0.05) is 24.8 Å². The first-order valence-electron chi connectivity index (χ1n) is 11.8. The van der Waals surface area contributed by atoms with Crippen LogP contribution >= 0.6 is 0 Å².